The molecule has 1 aromatic heterocycles. The second-order valence-corrected chi connectivity index (χ2v) is 5.55. The van der Waals surface area contributed by atoms with Crippen LogP contribution in [-0.4, -0.2) is 28.6 Å². The van der Waals surface area contributed by atoms with Gasteiger partial charge in [-0.3, -0.25) is 4.79 Å². The molecule has 0 saturated heterocycles. The van der Waals surface area contributed by atoms with Crippen molar-refractivity contribution in [3.63, 3.8) is 0 Å². The molecule has 4 nitrogen and oxygen atoms in total. The first-order chi connectivity index (χ1) is 9.19. The maximum absolute atomic E-state index is 12.7. The Morgan fingerprint density at radius 3 is 2.89 bits per heavy atom. The summed E-state index contributed by atoms with van der Waals surface area (Å²) in [5, 5.41) is 12.5. The molecule has 2 aliphatic carbocycles. The van der Waals surface area contributed by atoms with Gasteiger partial charge in [0.05, 0.1) is 5.56 Å². The Hall–Kier alpha value is -1.49. The number of fused-ring (bicyclic) bond motifs is 2. The third-order valence-corrected chi connectivity index (χ3v) is 4.59. The first-order valence-corrected chi connectivity index (χ1v) is 6.72. The van der Waals surface area contributed by atoms with Crippen LogP contribution in [0.5, 0.6) is 0 Å². The largest absolute Gasteiger partial charge is 0.396 e. The van der Waals surface area contributed by atoms with Crippen molar-refractivity contribution < 1.29 is 14.3 Å². The van der Waals surface area contributed by atoms with Crippen molar-refractivity contribution >= 4 is 5.91 Å². The third kappa shape index (κ3) is 2.23. The van der Waals surface area contributed by atoms with Gasteiger partial charge in [0.15, 0.2) is 0 Å². The van der Waals surface area contributed by atoms with Crippen LogP contribution in [0.2, 0.25) is 0 Å². The Morgan fingerprint density at radius 1 is 1.42 bits per heavy atom. The molecule has 5 heteroatoms. The Bertz CT molecular complexity index is 477. The molecule has 0 radical (unpaired) electrons. The number of aliphatic hydroxyl groups is 1. The van der Waals surface area contributed by atoms with Crippen LogP contribution < -0.4 is 5.32 Å². The molecule has 2 N–H and O–H groups in total. The van der Waals surface area contributed by atoms with Crippen LogP contribution in [-0.2, 0) is 0 Å². The maximum atomic E-state index is 12.7. The molecule has 2 bridgehead atoms. The number of hydrogen-bond donors (Lipinski definition) is 2. The van der Waals surface area contributed by atoms with Gasteiger partial charge in [0, 0.05) is 24.8 Å². The van der Waals surface area contributed by atoms with Gasteiger partial charge in [-0.1, -0.05) is 0 Å². The second kappa shape index (κ2) is 4.89. The highest BCUT2D eigenvalue weighted by atomic mass is 19.1. The van der Waals surface area contributed by atoms with E-state index in [-0.39, 0.29) is 24.5 Å². The second-order valence-electron chi connectivity index (χ2n) is 5.55. The maximum Gasteiger partial charge on any atom is 0.253 e. The van der Waals surface area contributed by atoms with E-state index in [9.17, 15) is 14.3 Å². The number of rotatable bonds is 3. The summed E-state index contributed by atoms with van der Waals surface area (Å²) in [6.07, 6.45) is 4.61. The highest BCUT2D eigenvalue weighted by Crippen LogP contribution is 2.48. The highest BCUT2D eigenvalue weighted by Gasteiger charge is 2.47. The van der Waals surface area contributed by atoms with Crippen molar-refractivity contribution in [3.05, 3.63) is 29.8 Å². The SMILES string of the molecule is O=C(NC1C2CCC(C2)C1CO)c1ccc(F)nc1. The quantitative estimate of drug-likeness (QED) is 0.810. The van der Waals surface area contributed by atoms with Gasteiger partial charge in [-0.05, 0) is 43.2 Å². The molecule has 1 amide bonds. The summed E-state index contributed by atoms with van der Waals surface area (Å²) >= 11 is 0. The molecule has 2 saturated carbocycles. The van der Waals surface area contributed by atoms with Crippen LogP contribution in [0.15, 0.2) is 18.3 Å². The predicted octanol–water partition coefficient (Wildman–Crippen LogP) is 1.36. The lowest BCUT2D eigenvalue weighted by Crippen LogP contribution is -2.45. The summed E-state index contributed by atoms with van der Waals surface area (Å²) in [4.78, 5) is 15.6. The number of carbonyl (C=O) groups excluding carboxylic acids is 1. The topological polar surface area (TPSA) is 62.2 Å². The van der Waals surface area contributed by atoms with Crippen molar-refractivity contribution in [2.24, 2.45) is 17.8 Å². The fraction of sp³-hybridized carbons (Fsp3) is 0.571. The van der Waals surface area contributed by atoms with Crippen LogP contribution >= 0.6 is 0 Å². The number of nitrogens with zero attached hydrogens (tertiary/aromatic N) is 1. The summed E-state index contributed by atoms with van der Waals surface area (Å²) in [6.45, 7) is 0.119. The van der Waals surface area contributed by atoms with Crippen LogP contribution in [0.25, 0.3) is 0 Å². The number of nitrogens with one attached hydrogen (secondary N) is 1. The van der Waals surface area contributed by atoms with Crippen molar-refractivity contribution in [2.45, 2.75) is 25.3 Å². The highest BCUT2D eigenvalue weighted by molar-refractivity contribution is 5.94. The Morgan fingerprint density at radius 2 is 2.21 bits per heavy atom. The van der Waals surface area contributed by atoms with E-state index in [0.29, 0.717) is 17.4 Å². The Balaban J connectivity index is 1.71. The molecule has 4 atom stereocenters. The average molecular weight is 264 g/mol. The molecule has 2 fully saturated rings. The molecule has 0 spiro atoms. The molecule has 2 aliphatic rings. The predicted molar refractivity (Wildman–Crippen MR) is 66.9 cm³/mol. The van der Waals surface area contributed by atoms with Crippen molar-refractivity contribution in [1.29, 1.82) is 0 Å². The number of carbonyl (C=O) groups is 1. The van der Waals surface area contributed by atoms with Gasteiger partial charge in [-0.2, -0.15) is 4.39 Å². The van der Waals surface area contributed by atoms with Gasteiger partial charge in [-0.15, -0.1) is 0 Å². The first kappa shape index (κ1) is 12.5. The smallest absolute Gasteiger partial charge is 0.253 e. The van der Waals surface area contributed by atoms with Gasteiger partial charge >= 0.3 is 0 Å². The number of amides is 1. The van der Waals surface area contributed by atoms with Gasteiger partial charge in [0.2, 0.25) is 5.95 Å². The minimum atomic E-state index is -0.593. The fourth-order valence-electron chi connectivity index (χ4n) is 3.64. The standard InChI is InChI=1S/C14H17FN2O2/c15-12-4-3-10(6-16-12)14(19)17-13-9-2-1-8(5-9)11(13)7-18/h3-4,6,8-9,11,13,18H,1-2,5,7H2,(H,17,19). The van der Waals surface area contributed by atoms with Crippen molar-refractivity contribution in [3.8, 4) is 0 Å². The zero-order valence-corrected chi connectivity index (χ0v) is 10.6. The Kier molecular flexibility index (Phi) is 3.22. The molecule has 0 aliphatic heterocycles. The lowest BCUT2D eigenvalue weighted by atomic mass is 9.85. The van der Waals surface area contributed by atoms with E-state index in [1.54, 1.807) is 0 Å². The number of aromatic nitrogens is 1. The normalized spacial score (nSPS) is 32.5. The molecule has 4 unspecified atom stereocenters. The summed E-state index contributed by atoms with van der Waals surface area (Å²) in [5.74, 6) is 0.343. The molecule has 19 heavy (non-hydrogen) atoms. The first-order valence-electron chi connectivity index (χ1n) is 6.72. The van der Waals surface area contributed by atoms with E-state index < -0.39 is 5.95 Å². The third-order valence-electron chi connectivity index (χ3n) is 4.59. The van der Waals surface area contributed by atoms with E-state index in [0.717, 1.165) is 19.3 Å². The van der Waals surface area contributed by atoms with Crippen LogP contribution in [0.1, 0.15) is 29.6 Å². The van der Waals surface area contributed by atoms with Crippen molar-refractivity contribution in [1.82, 2.24) is 10.3 Å². The zero-order chi connectivity index (χ0) is 13.4. The number of pyridine rings is 1. The van der Waals surface area contributed by atoms with Gasteiger partial charge in [-0.25, -0.2) is 4.98 Å². The lowest BCUT2D eigenvalue weighted by molar-refractivity contribution is 0.0861. The van der Waals surface area contributed by atoms with Crippen molar-refractivity contribution in [2.75, 3.05) is 6.61 Å². The number of hydrogen-bond acceptors (Lipinski definition) is 3. The molecule has 0 aromatic carbocycles. The monoisotopic (exact) mass is 264 g/mol. The van der Waals surface area contributed by atoms with Gasteiger partial charge in [0.25, 0.3) is 5.91 Å². The summed E-state index contributed by atoms with van der Waals surface area (Å²) in [5.41, 5.74) is 0.362. The summed E-state index contributed by atoms with van der Waals surface area (Å²) in [6, 6.07) is 2.65. The molecular formula is C14H17FN2O2. The molecule has 102 valence electrons. The van der Waals surface area contributed by atoms with Gasteiger partial charge in [0.1, 0.15) is 0 Å². The minimum absolute atomic E-state index is 0.0429. The van der Waals surface area contributed by atoms with E-state index in [1.807, 2.05) is 0 Å². The minimum Gasteiger partial charge on any atom is -0.396 e. The summed E-state index contributed by atoms with van der Waals surface area (Å²) in [7, 11) is 0. The van der Waals surface area contributed by atoms with Crippen LogP contribution in [0.3, 0.4) is 0 Å². The number of halogens is 1. The Labute approximate surface area is 111 Å². The summed E-state index contributed by atoms with van der Waals surface area (Å²) < 4.78 is 12.7. The van der Waals surface area contributed by atoms with Gasteiger partial charge < -0.3 is 10.4 Å². The lowest BCUT2D eigenvalue weighted by Gasteiger charge is -2.30. The number of aliphatic hydroxyl groups excluding tert-OH is 1. The van der Waals surface area contributed by atoms with Crippen LogP contribution in [0, 0.1) is 23.7 Å². The molecule has 1 aromatic rings. The van der Waals surface area contributed by atoms with E-state index in [1.165, 1.54) is 18.3 Å². The average Bonchev–Trinajstić information content (AvgIpc) is 3.00. The van der Waals surface area contributed by atoms with E-state index in [2.05, 4.69) is 10.3 Å². The van der Waals surface area contributed by atoms with Crippen LogP contribution in [0.4, 0.5) is 4.39 Å². The van der Waals surface area contributed by atoms with E-state index >= 15 is 0 Å². The molecule has 3 rings (SSSR count). The van der Waals surface area contributed by atoms with E-state index in [4.69, 9.17) is 0 Å². The fourth-order valence-corrected chi connectivity index (χ4v) is 3.64. The molecular weight excluding hydrogens is 247 g/mol. The molecule has 1 heterocycles. The zero-order valence-electron chi connectivity index (χ0n) is 10.6.